The van der Waals surface area contributed by atoms with E-state index in [0.717, 1.165) is 54.1 Å². The van der Waals surface area contributed by atoms with Gasteiger partial charge >= 0.3 is 683 Å². The molecule has 0 bridgehead atoms. The molecule has 16 nitrogen and oxygen atoms in total. The Morgan fingerprint density at radius 2 is 0.677 bits per heavy atom. The summed E-state index contributed by atoms with van der Waals surface area (Å²) in [7, 11) is -1.54. The van der Waals surface area contributed by atoms with Gasteiger partial charge in [-0.3, -0.25) is 19.4 Å². The van der Waals surface area contributed by atoms with Gasteiger partial charge in [0.05, 0.1) is 83.2 Å². The van der Waals surface area contributed by atoms with Crippen molar-refractivity contribution >= 4 is 681 Å². The fourth-order valence-electron chi connectivity index (χ4n) is 11.3. The van der Waals surface area contributed by atoms with Crippen LogP contribution in [-0.4, -0.2) is 135 Å². The first-order valence-electron chi connectivity index (χ1n) is 34.2. The molecule has 8 rings (SSSR count). The normalized spacial score (nSPS) is 15.3. The predicted molar refractivity (Wildman–Crippen MR) is 981 cm³/mol. The summed E-state index contributed by atoms with van der Waals surface area (Å²) >= 11 is 81.1. The quantitative estimate of drug-likeness (QED) is 0.0185. The molecule has 0 radical (unpaired) electrons. The standard InChI is InChI=1S/C33H39NO7.C32H37NO7.I25.I24/c1-5-41-32-18-24(33(37)40-4)11-14-29(32)30(36)15-12-27(35)21-34(26-16-22-8-6-7-9-23(22)17-26)20-25-10-13-28(38-2)19-31(25)39-3;1-4-40-31-17-23(32(36)37)10-13-28(31)29(35)14-11-26(34)20-33(25-15-21-7-5-6-8-22(21)16-25)19-24-9-12-27(38-2)18-30(24)39-3;1-14-16(4)18(6)20(8)22(10)24(12)25(13)23(11)21(9)19(7)17(5)15(2)3;1-14(2)16(5)18(7)20(9)22(11)24(13)23(12)21(10)19(8)17(6)15(3)4/h6-11,13-14,18-19,26-27,35H,5,12,15-17,20-21H2,1-4H3;5-10,12-13,17-18,25-26,34H,4,11,14-16,19-20H2,1-3H3,(H,36,37);;/q;;-1;/t27-;26-;;/m11../s1. The number of rotatable bonds is 49. The third-order valence-corrected chi connectivity index (χ3v) is 3400. The summed E-state index contributed by atoms with van der Waals surface area (Å²) in [6, 6.07) is 37.7. The summed E-state index contributed by atoms with van der Waals surface area (Å²) in [6.45, 7) is 6.19. The molecule has 2 aliphatic carbocycles. The van der Waals surface area contributed by atoms with Gasteiger partial charge in [-0.15, -0.1) is 0 Å². The molecule has 0 aromatic heterocycles. The molecule has 0 heterocycles. The Morgan fingerprint density at radius 1 is 0.385 bits per heavy atom. The number of aliphatic hydroxyl groups excluding tert-OH is 2. The molecule has 6 aromatic carbocycles. The first-order valence-corrected chi connectivity index (χ1v) is 330. The van der Waals surface area contributed by atoms with Gasteiger partial charge in [0, 0.05) is 74.4 Å². The second kappa shape index (κ2) is 83.4. The van der Waals surface area contributed by atoms with Gasteiger partial charge in [-0.25, -0.2) is 9.59 Å². The first-order chi connectivity index (χ1) is 61.4. The first kappa shape index (κ1) is 148. The molecule has 0 spiro atoms. The van der Waals surface area contributed by atoms with E-state index in [2.05, 4.69) is 542 Å². The van der Waals surface area contributed by atoms with Gasteiger partial charge in [0.1, 0.15) is 34.5 Å². The minimum atomic E-state index is -1.09. The molecule has 6 aromatic rings. The van der Waals surface area contributed by atoms with Crippen LogP contribution in [0.25, 0.3) is 0 Å². The number of halogens is 49. The van der Waals surface area contributed by atoms with Crippen molar-refractivity contribution < 1.29 is 80.9 Å². The zero-order chi connectivity index (χ0) is 97.4. The molecule has 2 aliphatic rings. The number of hydrogen-bond acceptors (Lipinski definition) is 15. The molecule has 65 heteroatoms. The molecule has 130 heavy (non-hydrogen) atoms. The Bertz CT molecular complexity index is 4390. The Labute approximate surface area is 1100 Å². The number of carboxylic acid groups (broad SMARTS) is 1. The summed E-state index contributed by atoms with van der Waals surface area (Å²) < 4.78 is 38.0. The van der Waals surface area contributed by atoms with Gasteiger partial charge in [0.2, 0.25) is 0 Å². The summed E-state index contributed by atoms with van der Waals surface area (Å²) in [5.74, 6) is 1.53. The van der Waals surface area contributed by atoms with Crippen molar-refractivity contribution in [3.05, 3.63) is 177 Å². The van der Waals surface area contributed by atoms with E-state index in [-0.39, 0.29) is 70.0 Å². The predicted octanol–water partition coefficient (Wildman–Crippen LogP) is 49.2. The zero-order valence-electron chi connectivity index (χ0n) is 66.0. The number of ketones is 2. The van der Waals surface area contributed by atoms with Gasteiger partial charge < -0.3 is 48.5 Å². The van der Waals surface area contributed by atoms with Crippen molar-refractivity contribution in [1.82, 2.24) is 9.80 Å². The Kier molecular flexibility index (Phi) is 95.3. The second-order valence-corrected chi connectivity index (χ2v) is 1110. The van der Waals surface area contributed by atoms with Gasteiger partial charge in [-0.1, -0.05) is 60.7 Å². The van der Waals surface area contributed by atoms with Crippen LogP contribution in [0.3, 0.4) is 0 Å². The summed E-state index contributed by atoms with van der Waals surface area (Å²) in [5, 5.41) is 31.6. The van der Waals surface area contributed by atoms with Gasteiger partial charge in [0.25, 0.3) is 0 Å². The third-order valence-electron chi connectivity index (χ3n) is 16.6. The number of nitrogens with zero attached hydrogens (tertiary/aromatic N) is 2. The number of aromatic carboxylic acids is 1. The average molecular weight is 7330 g/mol. The number of carbonyl (C=O) groups is 4. The summed E-state index contributed by atoms with van der Waals surface area (Å²) in [6.07, 6.45) is 2.89. The maximum absolute atomic E-state index is 13.2. The molecule has 0 unspecified atom stereocenters. The van der Waals surface area contributed by atoms with Gasteiger partial charge in [0.15, 0.2) is 11.6 Å². The molecular weight excluding hydrogens is 7250 g/mol. The fraction of sp³-hybridized carbons (Fsp3) is 0.385. The molecule has 0 fully saturated rings. The number of fused-ring (bicyclic) bond motifs is 2. The van der Waals surface area contributed by atoms with Crippen LogP contribution >= 0.6 is 658 Å². The molecule has 0 aliphatic heterocycles. The van der Waals surface area contributed by atoms with Crippen molar-refractivity contribution in [2.75, 3.05) is 61.9 Å². The number of carboxylic acids is 1. The van der Waals surface area contributed by atoms with E-state index in [0.29, 0.717) is 87.3 Å². The summed E-state index contributed by atoms with van der Waals surface area (Å²) in [4.78, 5) is 54.1. The number of aliphatic hydroxyl groups is 2. The number of carbonyl (C=O) groups excluding carboxylic acids is 3. The van der Waals surface area contributed by atoms with E-state index < -0.39 is 182 Å². The van der Waals surface area contributed by atoms with Crippen molar-refractivity contribution in [3.8, 4) is 34.5 Å². The molecule has 0 amide bonds. The van der Waals surface area contributed by atoms with Crippen LogP contribution in [0.5, 0.6) is 34.5 Å². The number of benzene rings is 6. The molecular formula is C65H76I49N2O14-. The third kappa shape index (κ3) is 53.0. The van der Waals surface area contributed by atoms with Crippen LogP contribution in [0, 0.1) is 0 Å². The van der Waals surface area contributed by atoms with E-state index in [1.54, 1.807) is 47.5 Å². The monoisotopic (exact) mass is 7330 g/mol. The molecule has 0 saturated carbocycles. The van der Waals surface area contributed by atoms with Crippen molar-refractivity contribution in [1.29, 1.82) is 0 Å². The van der Waals surface area contributed by atoms with E-state index in [1.807, 2.05) is 43.3 Å². The van der Waals surface area contributed by atoms with Crippen molar-refractivity contribution in [2.45, 2.75) is 103 Å². The number of hydrogen-bond donors (Lipinski definition) is 3. The minimum absolute atomic E-state index is 0.0576. The van der Waals surface area contributed by atoms with Crippen LogP contribution in [0.1, 0.15) is 114 Å². The van der Waals surface area contributed by atoms with E-state index in [4.69, 9.17) is 33.2 Å². The SMILES string of the molecule is CCOc1cc(C(=O)O)ccc1C(=O)CC[C@@H](O)CN(Cc1ccc(OC)cc1OC)C1Cc2ccccc2C1.CCOc1cc(C(=O)OC)ccc1C(=O)CC[C@@H](O)CN(Cc1ccc(OC)cc1OC)C1Cc2ccccc2C1.II(I)I(I)I(I)I(I)I(I)I(I)I(I)I(I)I(I)I(I)I(I)I.I[I-]I(I)I(I)I(I)I(I)I(I)I(I)I(I)I(I)I(I)I(I)I(I)I. The maximum atomic E-state index is 13.2. The average Bonchev–Trinajstić information content (AvgIpc) is 1.35. The van der Waals surface area contributed by atoms with Crippen LogP contribution in [-0.2, 0) is 43.5 Å². The van der Waals surface area contributed by atoms with Crippen molar-refractivity contribution in [2.24, 2.45) is 0 Å². The topological polar surface area (TPSA) is 200 Å². The molecule has 3 N–H and O–H groups in total. The van der Waals surface area contributed by atoms with Crippen LogP contribution in [0.15, 0.2) is 121 Å². The molecule has 0 saturated heterocycles. The second-order valence-electron chi connectivity index (χ2n) is 23.8. The number of Topliss-reactive ketones (excluding diaryl/α,β-unsaturated/α-hetero) is 2. The Balaban J connectivity index is 0.000000317. The van der Waals surface area contributed by atoms with Crippen LogP contribution < -0.4 is 41.7 Å². The summed E-state index contributed by atoms with van der Waals surface area (Å²) in [5.41, 5.74) is 8.36. The Hall–Kier alpha value is 28.0. The fourth-order valence-corrected chi connectivity index (χ4v) is 7760. The van der Waals surface area contributed by atoms with Crippen LogP contribution in [0.2, 0.25) is 0 Å². The van der Waals surface area contributed by atoms with Crippen molar-refractivity contribution in [3.63, 3.8) is 0 Å². The molecule has 774 valence electrons. The van der Waals surface area contributed by atoms with Gasteiger partial charge in [-0.2, -0.15) is 0 Å². The van der Waals surface area contributed by atoms with E-state index >= 15 is 0 Å². The van der Waals surface area contributed by atoms with E-state index in [1.165, 1.54) is 53.6 Å². The number of methoxy groups -OCH3 is 5. The number of esters is 1. The Morgan fingerprint density at radius 3 is 0.946 bits per heavy atom. The van der Waals surface area contributed by atoms with Gasteiger partial charge in [-0.05, 0) is 123 Å². The van der Waals surface area contributed by atoms with Crippen LogP contribution in [0.4, 0.5) is 0 Å². The van der Waals surface area contributed by atoms with E-state index in [9.17, 15) is 34.5 Å². The number of ether oxygens (including phenoxy) is 7. The molecule has 2 atom stereocenters. The zero-order valence-corrected chi connectivity index (χ0v) is 172.